The lowest BCUT2D eigenvalue weighted by Gasteiger charge is -2.07. The van der Waals surface area contributed by atoms with E-state index < -0.39 is 23.3 Å². The summed E-state index contributed by atoms with van der Waals surface area (Å²) in [6, 6.07) is 3.63. The van der Waals surface area contributed by atoms with E-state index >= 15 is 0 Å². The minimum atomic E-state index is -4.66. The van der Waals surface area contributed by atoms with Gasteiger partial charge in [-0.2, -0.15) is 18.3 Å². The Labute approximate surface area is 129 Å². The third-order valence-corrected chi connectivity index (χ3v) is 3.98. The van der Waals surface area contributed by atoms with Crippen molar-refractivity contribution in [3.05, 3.63) is 39.3 Å². The number of aromatic nitrogens is 2. The van der Waals surface area contributed by atoms with Crippen LogP contribution in [0.25, 0.3) is 0 Å². The van der Waals surface area contributed by atoms with Crippen LogP contribution in [0, 0.1) is 6.92 Å². The van der Waals surface area contributed by atoms with Crippen LogP contribution in [-0.4, -0.2) is 22.2 Å². The van der Waals surface area contributed by atoms with Crippen LogP contribution in [0.5, 0.6) is 0 Å². The first-order chi connectivity index (χ1) is 10.3. The van der Waals surface area contributed by atoms with E-state index in [-0.39, 0.29) is 12.2 Å². The number of halogens is 3. The summed E-state index contributed by atoms with van der Waals surface area (Å²) in [6.07, 6.45) is -4.01. The molecular weight excluding hydrogens is 315 g/mol. The van der Waals surface area contributed by atoms with E-state index in [4.69, 9.17) is 0 Å². The number of carbonyl (C=O) groups is 1. The molecule has 2 aromatic heterocycles. The molecule has 2 rings (SSSR count). The summed E-state index contributed by atoms with van der Waals surface area (Å²) in [5, 5.41) is 7.95. The van der Waals surface area contributed by atoms with Crippen LogP contribution >= 0.6 is 11.3 Å². The molecule has 8 heteroatoms. The van der Waals surface area contributed by atoms with Gasteiger partial charge in [-0.05, 0) is 24.8 Å². The smallest absolute Gasteiger partial charge is 0.352 e. The Hall–Kier alpha value is -1.83. The van der Waals surface area contributed by atoms with E-state index in [1.807, 2.05) is 24.4 Å². The van der Waals surface area contributed by atoms with E-state index in [9.17, 15) is 18.0 Å². The first-order valence-corrected chi connectivity index (χ1v) is 7.67. The number of carbonyl (C=O) groups excluding carboxylic acids is 1. The average molecular weight is 331 g/mol. The molecule has 2 heterocycles. The van der Waals surface area contributed by atoms with Crippen LogP contribution in [0.1, 0.15) is 40.0 Å². The highest BCUT2D eigenvalue weighted by atomic mass is 32.1. The largest absolute Gasteiger partial charge is 0.435 e. The molecule has 0 spiro atoms. The molecule has 0 unspecified atom stereocenters. The number of rotatable bonds is 5. The Balaban J connectivity index is 2.41. The fourth-order valence-corrected chi connectivity index (χ4v) is 2.73. The standard InChI is InChI=1S/C14H16F3N3OS/c1-3-6-18-13(21)11-9(2)20(8-10-5-4-7-22-10)19-12(11)14(15,16)17/h4-5,7H,3,6,8H2,1-2H3,(H,18,21). The molecule has 0 aliphatic heterocycles. The van der Waals surface area contributed by atoms with Crippen LogP contribution < -0.4 is 5.32 Å². The molecule has 0 radical (unpaired) electrons. The monoisotopic (exact) mass is 331 g/mol. The molecule has 0 atom stereocenters. The van der Waals surface area contributed by atoms with E-state index in [1.165, 1.54) is 22.9 Å². The number of hydrogen-bond acceptors (Lipinski definition) is 3. The highest BCUT2D eigenvalue weighted by molar-refractivity contribution is 7.09. The maximum Gasteiger partial charge on any atom is 0.435 e. The molecule has 1 amide bonds. The van der Waals surface area contributed by atoms with Crippen molar-refractivity contribution < 1.29 is 18.0 Å². The summed E-state index contributed by atoms with van der Waals surface area (Å²) >= 11 is 1.43. The first-order valence-electron chi connectivity index (χ1n) is 6.79. The molecule has 4 nitrogen and oxygen atoms in total. The summed E-state index contributed by atoms with van der Waals surface area (Å²) in [6.45, 7) is 3.86. The molecule has 0 aliphatic carbocycles. The molecule has 1 N–H and O–H groups in total. The number of amides is 1. The maximum absolute atomic E-state index is 13.1. The minimum Gasteiger partial charge on any atom is -0.352 e. The second kappa shape index (κ2) is 6.51. The van der Waals surface area contributed by atoms with Gasteiger partial charge in [0.2, 0.25) is 0 Å². The van der Waals surface area contributed by atoms with Gasteiger partial charge in [0, 0.05) is 17.1 Å². The van der Waals surface area contributed by atoms with Crippen molar-refractivity contribution in [3.63, 3.8) is 0 Å². The van der Waals surface area contributed by atoms with Gasteiger partial charge < -0.3 is 5.32 Å². The van der Waals surface area contributed by atoms with Crippen LogP contribution in [0.4, 0.5) is 13.2 Å². The second-order valence-corrected chi connectivity index (χ2v) is 5.83. The van der Waals surface area contributed by atoms with Crippen molar-refractivity contribution in [2.75, 3.05) is 6.54 Å². The second-order valence-electron chi connectivity index (χ2n) is 4.80. The van der Waals surface area contributed by atoms with Crippen molar-refractivity contribution in [2.45, 2.75) is 33.0 Å². The zero-order chi connectivity index (χ0) is 16.3. The molecule has 0 saturated heterocycles. The number of nitrogens with one attached hydrogen (secondary N) is 1. The molecule has 0 aliphatic rings. The molecular formula is C14H16F3N3OS. The number of nitrogens with zero attached hydrogens (tertiary/aromatic N) is 2. The predicted octanol–water partition coefficient (Wildman–Crippen LogP) is 3.46. The van der Waals surface area contributed by atoms with Crippen molar-refractivity contribution in [1.82, 2.24) is 15.1 Å². The number of hydrogen-bond donors (Lipinski definition) is 1. The Kier molecular flexibility index (Phi) is 4.90. The van der Waals surface area contributed by atoms with Crippen molar-refractivity contribution >= 4 is 17.2 Å². The quantitative estimate of drug-likeness (QED) is 0.912. The Morgan fingerprint density at radius 1 is 1.45 bits per heavy atom. The van der Waals surface area contributed by atoms with Gasteiger partial charge in [-0.25, -0.2) is 0 Å². The van der Waals surface area contributed by atoms with Gasteiger partial charge in [0.15, 0.2) is 5.69 Å². The van der Waals surface area contributed by atoms with Gasteiger partial charge in [-0.3, -0.25) is 9.48 Å². The normalized spacial score (nSPS) is 11.7. The summed E-state index contributed by atoms with van der Waals surface area (Å²) in [7, 11) is 0. The van der Waals surface area contributed by atoms with Gasteiger partial charge in [0.1, 0.15) is 0 Å². The number of thiophene rings is 1. The van der Waals surface area contributed by atoms with E-state index in [1.54, 1.807) is 0 Å². The van der Waals surface area contributed by atoms with Crippen LogP contribution in [0.3, 0.4) is 0 Å². The maximum atomic E-state index is 13.1. The third kappa shape index (κ3) is 3.49. The van der Waals surface area contributed by atoms with Gasteiger partial charge in [-0.15, -0.1) is 11.3 Å². The summed E-state index contributed by atoms with van der Waals surface area (Å²) in [4.78, 5) is 12.9. The lowest BCUT2D eigenvalue weighted by atomic mass is 10.1. The molecule has 0 bridgehead atoms. The summed E-state index contributed by atoms with van der Waals surface area (Å²) in [5.74, 6) is -0.732. The van der Waals surface area contributed by atoms with Crippen LogP contribution in [0.15, 0.2) is 17.5 Å². The molecule has 0 fully saturated rings. The highest BCUT2D eigenvalue weighted by Crippen LogP contribution is 2.32. The fourth-order valence-electron chi connectivity index (χ4n) is 2.05. The van der Waals surface area contributed by atoms with E-state index in [0.29, 0.717) is 13.0 Å². The summed E-state index contributed by atoms with van der Waals surface area (Å²) in [5.41, 5.74) is -1.30. The van der Waals surface area contributed by atoms with Crippen molar-refractivity contribution in [1.29, 1.82) is 0 Å². The lowest BCUT2D eigenvalue weighted by Crippen LogP contribution is -2.27. The third-order valence-electron chi connectivity index (χ3n) is 3.12. The van der Waals surface area contributed by atoms with Gasteiger partial charge >= 0.3 is 6.18 Å². The predicted molar refractivity (Wildman–Crippen MR) is 78.0 cm³/mol. The van der Waals surface area contributed by atoms with Gasteiger partial charge in [0.05, 0.1) is 12.1 Å². The molecule has 120 valence electrons. The summed E-state index contributed by atoms with van der Waals surface area (Å²) < 4.78 is 40.7. The molecule has 0 saturated carbocycles. The zero-order valence-electron chi connectivity index (χ0n) is 12.2. The van der Waals surface area contributed by atoms with E-state index in [2.05, 4.69) is 10.4 Å². The minimum absolute atomic E-state index is 0.216. The number of alkyl halides is 3. The molecule has 2 aromatic rings. The SMILES string of the molecule is CCCNC(=O)c1c(C(F)(F)F)nn(Cc2cccs2)c1C. The molecule has 22 heavy (non-hydrogen) atoms. The highest BCUT2D eigenvalue weighted by Gasteiger charge is 2.40. The zero-order valence-corrected chi connectivity index (χ0v) is 13.0. The van der Waals surface area contributed by atoms with Gasteiger partial charge in [0.25, 0.3) is 5.91 Å². The Bertz CT molecular complexity index is 647. The lowest BCUT2D eigenvalue weighted by molar-refractivity contribution is -0.141. The fraction of sp³-hybridized carbons (Fsp3) is 0.429. The van der Waals surface area contributed by atoms with Crippen molar-refractivity contribution in [3.8, 4) is 0 Å². The molecule has 0 aromatic carbocycles. The average Bonchev–Trinajstić information content (AvgIpc) is 3.05. The van der Waals surface area contributed by atoms with Crippen molar-refractivity contribution in [2.24, 2.45) is 0 Å². The van der Waals surface area contributed by atoms with Crippen LogP contribution in [0.2, 0.25) is 0 Å². The van der Waals surface area contributed by atoms with Gasteiger partial charge in [-0.1, -0.05) is 13.0 Å². The van der Waals surface area contributed by atoms with E-state index in [0.717, 1.165) is 4.88 Å². The topological polar surface area (TPSA) is 46.9 Å². The Morgan fingerprint density at radius 3 is 2.73 bits per heavy atom. The van der Waals surface area contributed by atoms with Crippen LogP contribution in [-0.2, 0) is 12.7 Å². The first kappa shape index (κ1) is 16.5. The Morgan fingerprint density at radius 2 is 2.18 bits per heavy atom.